The van der Waals surface area contributed by atoms with Crippen LogP contribution in [-0.2, 0) is 10.8 Å². The van der Waals surface area contributed by atoms with Crippen LogP contribution >= 0.6 is 0 Å². The van der Waals surface area contributed by atoms with E-state index in [1.807, 2.05) is 0 Å². The number of unbranched alkanes of at least 4 members (excludes halogenated alkanes) is 30. The van der Waals surface area contributed by atoms with Crippen molar-refractivity contribution in [1.29, 1.82) is 0 Å². The standard InChI is InChI=1S/C51H96O/c1-9-11-13-15-17-19-21-23-25-27-29-31-33-35-37-39-41-45(46-43-47(50(3,4)5)49(52)48(44-46)51(6,7)8)42-40-38-36-34-32-30-28-26-24-22-20-18-16-14-12-10-2/h43-45,52H,9-42H2,1-8H3. The fraction of sp³-hybridized carbons (Fsp3) is 0.882. The Morgan fingerprint density at radius 3 is 0.788 bits per heavy atom. The Hall–Kier alpha value is -0.980. The maximum atomic E-state index is 11.4. The highest BCUT2D eigenvalue weighted by molar-refractivity contribution is 5.50. The lowest BCUT2D eigenvalue weighted by molar-refractivity contribution is 0.420. The third kappa shape index (κ3) is 25.2. The van der Waals surface area contributed by atoms with Gasteiger partial charge in [-0.05, 0) is 46.3 Å². The van der Waals surface area contributed by atoms with Crippen molar-refractivity contribution in [1.82, 2.24) is 0 Å². The number of hydrogen-bond acceptors (Lipinski definition) is 1. The third-order valence-electron chi connectivity index (χ3n) is 12.0. The maximum Gasteiger partial charge on any atom is 0.123 e. The summed E-state index contributed by atoms with van der Waals surface area (Å²) in [5.41, 5.74) is 3.65. The van der Waals surface area contributed by atoms with Gasteiger partial charge in [-0.3, -0.25) is 0 Å². The Morgan fingerprint density at radius 2 is 0.577 bits per heavy atom. The molecule has 0 aliphatic heterocycles. The fourth-order valence-electron chi connectivity index (χ4n) is 8.39. The summed E-state index contributed by atoms with van der Waals surface area (Å²) in [4.78, 5) is 0. The number of phenols is 1. The summed E-state index contributed by atoms with van der Waals surface area (Å²) in [6.07, 6.45) is 48.3. The van der Waals surface area contributed by atoms with Crippen LogP contribution in [0.15, 0.2) is 12.1 Å². The Balaban J connectivity index is 2.46. The molecule has 0 heterocycles. The molecular weight excluding hydrogens is 629 g/mol. The van der Waals surface area contributed by atoms with Gasteiger partial charge in [0.15, 0.2) is 0 Å². The number of hydrogen-bond donors (Lipinski definition) is 1. The van der Waals surface area contributed by atoms with Gasteiger partial charge in [-0.15, -0.1) is 0 Å². The van der Waals surface area contributed by atoms with E-state index in [0.717, 1.165) is 11.1 Å². The Labute approximate surface area is 329 Å². The van der Waals surface area contributed by atoms with Crippen LogP contribution in [-0.4, -0.2) is 5.11 Å². The lowest BCUT2D eigenvalue weighted by atomic mass is 9.76. The van der Waals surface area contributed by atoms with Crippen molar-refractivity contribution >= 4 is 0 Å². The average molecular weight is 725 g/mol. The minimum Gasteiger partial charge on any atom is -0.507 e. The zero-order valence-electron chi connectivity index (χ0n) is 37.2. The first-order valence-corrected chi connectivity index (χ1v) is 23.9. The number of phenolic OH excluding ortho intramolecular Hbond substituents is 1. The predicted octanol–water partition coefficient (Wildman–Crippen LogP) is 18.4. The predicted molar refractivity (Wildman–Crippen MR) is 237 cm³/mol. The van der Waals surface area contributed by atoms with Gasteiger partial charge < -0.3 is 5.11 Å². The zero-order valence-corrected chi connectivity index (χ0v) is 37.2. The van der Waals surface area contributed by atoms with E-state index in [9.17, 15) is 5.11 Å². The van der Waals surface area contributed by atoms with Crippen molar-refractivity contribution in [2.75, 3.05) is 0 Å². The summed E-state index contributed by atoms with van der Waals surface area (Å²) in [6, 6.07) is 4.79. The molecule has 0 aliphatic carbocycles. The molecule has 1 rings (SSSR count). The van der Waals surface area contributed by atoms with E-state index < -0.39 is 0 Å². The SMILES string of the molecule is CCCCCCCCCCCCCCCCCCC(CCCCCCCCCCCCCCCCCC)c1cc(C(C)(C)C)c(O)c(C(C)(C)C)c1. The minimum absolute atomic E-state index is 0.0624. The van der Waals surface area contributed by atoms with E-state index in [-0.39, 0.29) is 10.8 Å². The van der Waals surface area contributed by atoms with Crippen LogP contribution in [0, 0.1) is 0 Å². The van der Waals surface area contributed by atoms with Crippen molar-refractivity contribution in [3.63, 3.8) is 0 Å². The van der Waals surface area contributed by atoms with Crippen LogP contribution in [0.5, 0.6) is 5.75 Å². The van der Waals surface area contributed by atoms with E-state index in [0.29, 0.717) is 11.7 Å². The van der Waals surface area contributed by atoms with Gasteiger partial charge in [0.2, 0.25) is 0 Å². The average Bonchev–Trinajstić information content (AvgIpc) is 3.09. The monoisotopic (exact) mass is 725 g/mol. The number of aromatic hydroxyl groups is 1. The van der Waals surface area contributed by atoms with Gasteiger partial charge in [0.25, 0.3) is 0 Å². The van der Waals surface area contributed by atoms with Gasteiger partial charge in [-0.2, -0.15) is 0 Å². The van der Waals surface area contributed by atoms with Crippen LogP contribution in [0.2, 0.25) is 0 Å². The number of benzene rings is 1. The van der Waals surface area contributed by atoms with Gasteiger partial charge >= 0.3 is 0 Å². The smallest absolute Gasteiger partial charge is 0.123 e. The van der Waals surface area contributed by atoms with E-state index >= 15 is 0 Å². The molecule has 52 heavy (non-hydrogen) atoms. The van der Waals surface area contributed by atoms with Crippen LogP contribution in [0.4, 0.5) is 0 Å². The first kappa shape index (κ1) is 49.0. The van der Waals surface area contributed by atoms with Gasteiger partial charge in [0.1, 0.15) is 5.75 Å². The Kier molecular flexibility index (Phi) is 29.5. The van der Waals surface area contributed by atoms with Crippen LogP contribution in [0.3, 0.4) is 0 Å². The Morgan fingerprint density at radius 1 is 0.365 bits per heavy atom. The van der Waals surface area contributed by atoms with E-state index in [4.69, 9.17) is 0 Å². The summed E-state index contributed by atoms with van der Waals surface area (Å²) in [5, 5.41) is 11.4. The van der Waals surface area contributed by atoms with E-state index in [1.165, 1.54) is 224 Å². The normalized spacial score (nSPS) is 12.4. The minimum atomic E-state index is -0.0624. The Bertz CT molecular complexity index is 858. The molecule has 0 radical (unpaired) electrons. The third-order valence-corrected chi connectivity index (χ3v) is 12.0. The first-order chi connectivity index (χ1) is 25.0. The van der Waals surface area contributed by atoms with Gasteiger partial charge in [-0.1, -0.05) is 273 Å². The molecule has 1 heteroatoms. The summed E-state index contributed by atoms with van der Waals surface area (Å²) >= 11 is 0. The second kappa shape index (κ2) is 31.2. The van der Waals surface area contributed by atoms with Crippen LogP contribution in [0.1, 0.15) is 296 Å². The lowest BCUT2D eigenvalue weighted by Crippen LogP contribution is -2.18. The second-order valence-electron chi connectivity index (χ2n) is 19.3. The van der Waals surface area contributed by atoms with Crippen molar-refractivity contribution in [2.45, 2.75) is 290 Å². The zero-order chi connectivity index (χ0) is 38.3. The molecule has 0 saturated carbocycles. The molecule has 306 valence electrons. The summed E-state index contributed by atoms with van der Waals surface area (Å²) < 4.78 is 0. The topological polar surface area (TPSA) is 20.2 Å². The van der Waals surface area contributed by atoms with E-state index in [1.54, 1.807) is 0 Å². The molecule has 0 atom stereocenters. The highest BCUT2D eigenvalue weighted by atomic mass is 16.3. The van der Waals surface area contributed by atoms with Crippen molar-refractivity contribution in [3.8, 4) is 5.75 Å². The number of rotatable bonds is 35. The maximum absolute atomic E-state index is 11.4. The summed E-state index contributed by atoms with van der Waals surface area (Å²) in [7, 11) is 0. The molecule has 1 aromatic carbocycles. The molecule has 0 saturated heterocycles. The highest BCUT2D eigenvalue weighted by Gasteiger charge is 2.28. The van der Waals surface area contributed by atoms with Crippen molar-refractivity contribution in [3.05, 3.63) is 28.8 Å². The molecule has 1 nitrogen and oxygen atoms in total. The molecule has 0 aromatic heterocycles. The molecule has 0 fully saturated rings. The van der Waals surface area contributed by atoms with Crippen LogP contribution < -0.4 is 0 Å². The van der Waals surface area contributed by atoms with Crippen molar-refractivity contribution in [2.24, 2.45) is 0 Å². The quantitative estimate of drug-likeness (QED) is 0.0691. The summed E-state index contributed by atoms with van der Waals surface area (Å²) in [5.74, 6) is 1.15. The van der Waals surface area contributed by atoms with Gasteiger partial charge in [0, 0.05) is 0 Å². The molecule has 0 unspecified atom stereocenters. The molecule has 0 amide bonds. The lowest BCUT2D eigenvalue weighted by Gasteiger charge is -2.30. The van der Waals surface area contributed by atoms with Crippen LogP contribution in [0.25, 0.3) is 0 Å². The van der Waals surface area contributed by atoms with E-state index in [2.05, 4.69) is 67.5 Å². The van der Waals surface area contributed by atoms with Gasteiger partial charge in [0.05, 0.1) is 0 Å². The van der Waals surface area contributed by atoms with Gasteiger partial charge in [-0.25, -0.2) is 0 Å². The molecule has 0 aliphatic rings. The molecule has 0 bridgehead atoms. The molecule has 1 aromatic rings. The molecule has 0 spiro atoms. The first-order valence-electron chi connectivity index (χ1n) is 23.9. The summed E-state index contributed by atoms with van der Waals surface area (Å²) in [6.45, 7) is 18.2. The van der Waals surface area contributed by atoms with Crippen molar-refractivity contribution < 1.29 is 5.11 Å². The highest BCUT2D eigenvalue weighted by Crippen LogP contribution is 2.42. The second-order valence-corrected chi connectivity index (χ2v) is 19.3. The largest absolute Gasteiger partial charge is 0.507 e. The molecule has 1 N–H and O–H groups in total. The fourth-order valence-corrected chi connectivity index (χ4v) is 8.39. The molecular formula is C51H96O.